The van der Waals surface area contributed by atoms with Crippen LogP contribution in [0.5, 0.6) is 0 Å². The van der Waals surface area contributed by atoms with Gasteiger partial charge in [0, 0.05) is 5.92 Å². The summed E-state index contributed by atoms with van der Waals surface area (Å²) in [7, 11) is 0. The Morgan fingerprint density at radius 2 is 2.04 bits per heavy atom. The third-order valence-electron chi connectivity index (χ3n) is 4.67. The van der Waals surface area contributed by atoms with Gasteiger partial charge in [0.2, 0.25) is 0 Å². The van der Waals surface area contributed by atoms with Crippen molar-refractivity contribution >= 4 is 11.7 Å². The Bertz CT molecular complexity index is 556. The monoisotopic (exact) mass is 333 g/mol. The zero-order valence-corrected chi connectivity index (χ0v) is 14.6. The van der Waals surface area contributed by atoms with E-state index in [4.69, 9.17) is 4.84 Å². The molecule has 3 nitrogen and oxygen atoms in total. The second-order valence-electron chi connectivity index (χ2n) is 6.61. The first kappa shape index (κ1) is 18.6. The molecule has 0 spiro atoms. The molecule has 0 aliphatic heterocycles. The maximum atomic E-state index is 13.5. The highest BCUT2D eigenvalue weighted by Crippen LogP contribution is 2.28. The van der Waals surface area contributed by atoms with Crippen LogP contribution in [0.1, 0.15) is 70.3 Å². The number of unbranched alkanes of at least 4 members (excludes halogenated alkanes) is 4. The lowest BCUT2D eigenvalue weighted by Gasteiger charge is -2.10. The topological polar surface area (TPSA) is 38.7 Å². The summed E-state index contributed by atoms with van der Waals surface area (Å²) in [4.78, 5) is 16.9. The number of nitrogens with zero attached hydrogens (tertiary/aromatic N) is 1. The standard InChI is InChI=1S/C20H28FNO2/c1-2-3-4-5-6-10-16-12-9-14-19(16)22-24-20(23)15-17-11-7-8-13-18(17)21/h7-8,11,13,16H,2-6,9-10,12,14-15H2,1H3/b22-19+/t16-/m0/s1. The number of hydrogen-bond donors (Lipinski definition) is 0. The quantitative estimate of drug-likeness (QED) is 0.343. The zero-order valence-electron chi connectivity index (χ0n) is 14.6. The van der Waals surface area contributed by atoms with E-state index in [0.29, 0.717) is 11.5 Å². The summed E-state index contributed by atoms with van der Waals surface area (Å²) in [6.07, 6.45) is 10.6. The van der Waals surface area contributed by atoms with Crippen molar-refractivity contribution in [1.82, 2.24) is 0 Å². The molecule has 0 N–H and O–H groups in total. The van der Waals surface area contributed by atoms with E-state index in [2.05, 4.69) is 12.1 Å². The minimum atomic E-state index is -0.499. The van der Waals surface area contributed by atoms with Crippen LogP contribution in [0.15, 0.2) is 29.4 Å². The van der Waals surface area contributed by atoms with Crippen LogP contribution in [-0.2, 0) is 16.1 Å². The van der Waals surface area contributed by atoms with Crippen molar-refractivity contribution in [3.8, 4) is 0 Å². The molecule has 1 fully saturated rings. The van der Waals surface area contributed by atoms with Gasteiger partial charge in [-0.25, -0.2) is 9.18 Å². The van der Waals surface area contributed by atoms with Crippen LogP contribution in [0.4, 0.5) is 4.39 Å². The van der Waals surface area contributed by atoms with Crippen LogP contribution in [0.3, 0.4) is 0 Å². The van der Waals surface area contributed by atoms with Gasteiger partial charge < -0.3 is 4.84 Å². The van der Waals surface area contributed by atoms with E-state index in [0.717, 1.165) is 31.4 Å². The van der Waals surface area contributed by atoms with Crippen LogP contribution < -0.4 is 0 Å². The number of hydrogen-bond acceptors (Lipinski definition) is 3. The van der Waals surface area contributed by atoms with Crippen molar-refractivity contribution in [2.45, 2.75) is 71.1 Å². The van der Waals surface area contributed by atoms with E-state index in [1.54, 1.807) is 18.2 Å². The third-order valence-corrected chi connectivity index (χ3v) is 4.67. The Kier molecular flexibility index (Phi) is 7.93. The molecule has 0 bridgehead atoms. The first-order valence-electron chi connectivity index (χ1n) is 9.20. The highest BCUT2D eigenvalue weighted by atomic mass is 19.1. The van der Waals surface area contributed by atoms with Gasteiger partial charge in [-0.2, -0.15) is 0 Å². The average molecular weight is 333 g/mol. The van der Waals surface area contributed by atoms with E-state index in [1.807, 2.05) is 0 Å². The predicted molar refractivity (Wildman–Crippen MR) is 94.3 cm³/mol. The third kappa shape index (κ3) is 6.06. The van der Waals surface area contributed by atoms with E-state index in [9.17, 15) is 9.18 Å². The molecular weight excluding hydrogens is 305 g/mol. The molecule has 1 saturated carbocycles. The van der Waals surface area contributed by atoms with Gasteiger partial charge in [-0.05, 0) is 37.3 Å². The Balaban J connectivity index is 1.77. The van der Waals surface area contributed by atoms with Crippen molar-refractivity contribution in [3.63, 3.8) is 0 Å². The molecular formula is C20H28FNO2. The van der Waals surface area contributed by atoms with Gasteiger partial charge in [0.05, 0.1) is 12.1 Å². The fraction of sp³-hybridized carbons (Fsp3) is 0.600. The van der Waals surface area contributed by atoms with Gasteiger partial charge in [0.25, 0.3) is 0 Å². The molecule has 0 radical (unpaired) electrons. The molecule has 0 amide bonds. The highest BCUT2D eigenvalue weighted by molar-refractivity contribution is 5.88. The maximum absolute atomic E-state index is 13.5. The Labute approximate surface area is 144 Å². The van der Waals surface area contributed by atoms with Crippen molar-refractivity contribution in [2.75, 3.05) is 0 Å². The summed E-state index contributed by atoms with van der Waals surface area (Å²) < 4.78 is 13.5. The molecule has 24 heavy (non-hydrogen) atoms. The molecule has 0 heterocycles. The van der Waals surface area contributed by atoms with E-state index >= 15 is 0 Å². The maximum Gasteiger partial charge on any atom is 0.339 e. The summed E-state index contributed by atoms with van der Waals surface area (Å²) in [5.41, 5.74) is 1.36. The van der Waals surface area contributed by atoms with Crippen LogP contribution in [-0.4, -0.2) is 11.7 Å². The molecule has 1 aliphatic rings. The Hall–Kier alpha value is -1.71. The van der Waals surface area contributed by atoms with Gasteiger partial charge in [-0.1, -0.05) is 62.4 Å². The predicted octanol–water partition coefficient (Wildman–Crippen LogP) is 5.43. The van der Waals surface area contributed by atoms with Gasteiger partial charge in [-0.15, -0.1) is 0 Å². The fourth-order valence-corrected chi connectivity index (χ4v) is 3.26. The van der Waals surface area contributed by atoms with E-state index in [-0.39, 0.29) is 12.2 Å². The smallest absolute Gasteiger partial charge is 0.318 e. The summed E-state index contributed by atoms with van der Waals surface area (Å²) in [6.45, 7) is 2.22. The highest BCUT2D eigenvalue weighted by Gasteiger charge is 2.23. The van der Waals surface area contributed by atoms with Gasteiger partial charge in [0.15, 0.2) is 0 Å². The van der Waals surface area contributed by atoms with E-state index in [1.165, 1.54) is 38.2 Å². The largest absolute Gasteiger partial charge is 0.339 e. The molecule has 0 saturated heterocycles. The Morgan fingerprint density at radius 3 is 2.83 bits per heavy atom. The molecule has 1 aromatic carbocycles. The zero-order chi connectivity index (χ0) is 17.2. The molecule has 2 rings (SSSR count). The first-order chi connectivity index (χ1) is 11.7. The van der Waals surface area contributed by atoms with Crippen LogP contribution in [0, 0.1) is 11.7 Å². The molecule has 0 aromatic heterocycles. The van der Waals surface area contributed by atoms with Crippen LogP contribution >= 0.6 is 0 Å². The molecule has 132 valence electrons. The van der Waals surface area contributed by atoms with Crippen LogP contribution in [0.2, 0.25) is 0 Å². The number of rotatable bonds is 9. The van der Waals surface area contributed by atoms with Crippen molar-refractivity contribution in [3.05, 3.63) is 35.6 Å². The van der Waals surface area contributed by atoms with Gasteiger partial charge in [0.1, 0.15) is 5.82 Å². The molecule has 4 heteroatoms. The molecule has 1 aromatic rings. The number of oxime groups is 1. The summed E-state index contributed by atoms with van der Waals surface area (Å²) in [6, 6.07) is 6.26. The van der Waals surface area contributed by atoms with Crippen molar-refractivity contribution < 1.29 is 14.0 Å². The lowest BCUT2D eigenvalue weighted by Crippen LogP contribution is -2.11. The van der Waals surface area contributed by atoms with Crippen LogP contribution in [0.25, 0.3) is 0 Å². The second-order valence-corrected chi connectivity index (χ2v) is 6.61. The fourth-order valence-electron chi connectivity index (χ4n) is 3.26. The summed E-state index contributed by atoms with van der Waals surface area (Å²) in [5.74, 6) is -0.429. The van der Waals surface area contributed by atoms with E-state index < -0.39 is 5.97 Å². The molecule has 1 atom stereocenters. The van der Waals surface area contributed by atoms with Gasteiger partial charge >= 0.3 is 5.97 Å². The number of carbonyl (C=O) groups is 1. The SMILES string of the molecule is CCCCCCC[C@H]1CCC/C1=N\OC(=O)Cc1ccccc1F. The number of benzene rings is 1. The second kappa shape index (κ2) is 10.2. The average Bonchev–Trinajstić information content (AvgIpc) is 3.02. The number of halogens is 1. The minimum Gasteiger partial charge on any atom is -0.318 e. The molecule has 1 aliphatic carbocycles. The Morgan fingerprint density at radius 1 is 1.25 bits per heavy atom. The molecule has 0 unspecified atom stereocenters. The van der Waals surface area contributed by atoms with Gasteiger partial charge in [-0.3, -0.25) is 0 Å². The lowest BCUT2D eigenvalue weighted by atomic mass is 9.98. The minimum absolute atomic E-state index is 0.0782. The van der Waals surface area contributed by atoms with Crippen molar-refractivity contribution in [2.24, 2.45) is 11.1 Å². The normalized spacial score (nSPS) is 18.9. The lowest BCUT2D eigenvalue weighted by molar-refractivity contribution is -0.142. The van der Waals surface area contributed by atoms with Crippen molar-refractivity contribution in [1.29, 1.82) is 0 Å². The summed E-state index contributed by atoms with van der Waals surface area (Å²) >= 11 is 0. The number of carbonyl (C=O) groups excluding carboxylic acids is 1. The summed E-state index contributed by atoms with van der Waals surface area (Å²) in [5, 5.41) is 4.09. The first-order valence-corrected chi connectivity index (χ1v) is 9.20.